The van der Waals surface area contributed by atoms with Crippen molar-refractivity contribution < 1.29 is 9.53 Å². The Bertz CT molecular complexity index is 399. The summed E-state index contributed by atoms with van der Waals surface area (Å²) in [6.45, 7) is 0.794. The number of hydrogen-bond acceptors (Lipinski definition) is 6. The molecule has 0 aliphatic rings. The van der Waals surface area contributed by atoms with Crippen molar-refractivity contribution in [3.63, 3.8) is 0 Å². The first-order valence-electron chi connectivity index (χ1n) is 5.76. The summed E-state index contributed by atoms with van der Waals surface area (Å²) in [7, 11) is 1.33. The Morgan fingerprint density at radius 1 is 1.50 bits per heavy atom. The van der Waals surface area contributed by atoms with Gasteiger partial charge in [0.05, 0.1) is 12.8 Å². The van der Waals surface area contributed by atoms with Crippen LogP contribution in [-0.2, 0) is 4.74 Å². The topological polar surface area (TPSA) is 77.2 Å². The second-order valence-corrected chi connectivity index (χ2v) is 4.74. The molecule has 0 saturated carbocycles. The summed E-state index contributed by atoms with van der Waals surface area (Å²) in [5.74, 6) is 1.23. The third kappa shape index (κ3) is 4.44. The van der Waals surface area contributed by atoms with Gasteiger partial charge in [0.2, 0.25) is 0 Å². The largest absolute Gasteiger partial charge is 0.464 e. The molecule has 18 heavy (non-hydrogen) atoms. The van der Waals surface area contributed by atoms with Crippen LogP contribution in [0.2, 0.25) is 0 Å². The van der Waals surface area contributed by atoms with Gasteiger partial charge < -0.3 is 15.8 Å². The third-order valence-electron chi connectivity index (χ3n) is 2.39. The fourth-order valence-electron chi connectivity index (χ4n) is 1.41. The molecule has 0 atom stereocenters. The number of pyridine rings is 1. The second kappa shape index (κ2) is 7.81. The van der Waals surface area contributed by atoms with Crippen LogP contribution in [0.15, 0.2) is 12.1 Å². The first-order valence-corrected chi connectivity index (χ1v) is 7.16. The normalized spacial score (nSPS) is 10.1. The van der Waals surface area contributed by atoms with Crippen LogP contribution in [0.4, 0.5) is 11.5 Å². The maximum Gasteiger partial charge on any atom is 0.356 e. The number of nitrogens with two attached hydrogens (primary N) is 1. The standard InChI is InChI=1S/C12H19N3O2S/c1-17-12(16)10-6-5-9(13)11(15-10)14-7-3-4-8-18-2/h5-6H,3-4,7-8,13H2,1-2H3,(H,14,15). The second-order valence-electron chi connectivity index (χ2n) is 3.75. The number of carbonyl (C=O) groups excluding carboxylic acids is 1. The van der Waals surface area contributed by atoms with Gasteiger partial charge in [-0.15, -0.1) is 0 Å². The van der Waals surface area contributed by atoms with Crippen LogP contribution in [0.3, 0.4) is 0 Å². The molecule has 0 fully saturated rings. The number of thioether (sulfide) groups is 1. The zero-order valence-corrected chi connectivity index (χ0v) is 11.5. The molecule has 0 aliphatic heterocycles. The Labute approximate surface area is 111 Å². The highest BCUT2D eigenvalue weighted by Gasteiger charge is 2.09. The summed E-state index contributed by atoms with van der Waals surface area (Å²) >= 11 is 1.83. The monoisotopic (exact) mass is 269 g/mol. The number of aromatic nitrogens is 1. The van der Waals surface area contributed by atoms with Crippen molar-refractivity contribution in [1.82, 2.24) is 4.98 Å². The van der Waals surface area contributed by atoms with E-state index in [1.807, 2.05) is 11.8 Å². The molecule has 0 spiro atoms. The molecule has 1 aromatic heterocycles. The van der Waals surface area contributed by atoms with Gasteiger partial charge in [0.25, 0.3) is 0 Å². The van der Waals surface area contributed by atoms with E-state index in [2.05, 4.69) is 21.3 Å². The Balaban J connectivity index is 2.56. The molecule has 0 bridgehead atoms. The van der Waals surface area contributed by atoms with Crippen LogP contribution < -0.4 is 11.1 Å². The van der Waals surface area contributed by atoms with Crippen LogP contribution in [0.5, 0.6) is 0 Å². The SMILES string of the molecule is COC(=O)c1ccc(N)c(NCCCCSC)n1. The van der Waals surface area contributed by atoms with Gasteiger partial charge >= 0.3 is 5.97 Å². The Morgan fingerprint density at radius 3 is 2.94 bits per heavy atom. The average Bonchev–Trinajstić information content (AvgIpc) is 2.39. The van der Waals surface area contributed by atoms with Gasteiger partial charge in [-0.25, -0.2) is 9.78 Å². The number of carbonyl (C=O) groups is 1. The molecule has 0 unspecified atom stereocenters. The summed E-state index contributed by atoms with van der Waals surface area (Å²) in [6.07, 6.45) is 4.28. The molecule has 0 radical (unpaired) electrons. The van der Waals surface area contributed by atoms with Crippen molar-refractivity contribution in [1.29, 1.82) is 0 Å². The van der Waals surface area contributed by atoms with E-state index in [0.29, 0.717) is 11.5 Å². The highest BCUT2D eigenvalue weighted by molar-refractivity contribution is 7.98. The van der Waals surface area contributed by atoms with E-state index in [-0.39, 0.29) is 5.69 Å². The zero-order chi connectivity index (χ0) is 13.4. The van der Waals surface area contributed by atoms with Gasteiger partial charge in [0, 0.05) is 6.54 Å². The number of unbranched alkanes of at least 4 members (excludes halogenated alkanes) is 1. The van der Waals surface area contributed by atoms with Crippen LogP contribution in [-0.4, -0.2) is 36.6 Å². The number of rotatable bonds is 7. The summed E-state index contributed by atoms with van der Waals surface area (Å²) in [4.78, 5) is 15.5. The summed E-state index contributed by atoms with van der Waals surface area (Å²) < 4.78 is 4.62. The van der Waals surface area contributed by atoms with Crippen LogP contribution in [0.25, 0.3) is 0 Å². The number of anilines is 2. The third-order valence-corrected chi connectivity index (χ3v) is 3.09. The van der Waals surface area contributed by atoms with Crippen molar-refractivity contribution in [2.75, 3.05) is 36.7 Å². The van der Waals surface area contributed by atoms with Gasteiger partial charge in [0.1, 0.15) is 5.82 Å². The lowest BCUT2D eigenvalue weighted by Gasteiger charge is -2.09. The summed E-state index contributed by atoms with van der Waals surface area (Å²) in [5, 5.41) is 3.14. The number of nitrogen functional groups attached to an aromatic ring is 1. The Kier molecular flexibility index (Phi) is 6.35. The van der Waals surface area contributed by atoms with Crippen LogP contribution in [0.1, 0.15) is 23.3 Å². The number of ether oxygens (including phenoxy) is 1. The van der Waals surface area contributed by atoms with Gasteiger partial charge in [-0.3, -0.25) is 0 Å². The number of hydrogen-bond donors (Lipinski definition) is 2. The van der Waals surface area contributed by atoms with E-state index in [4.69, 9.17) is 5.73 Å². The molecule has 5 nitrogen and oxygen atoms in total. The van der Waals surface area contributed by atoms with E-state index < -0.39 is 5.97 Å². The lowest BCUT2D eigenvalue weighted by molar-refractivity contribution is 0.0594. The molecule has 6 heteroatoms. The number of nitrogens with one attached hydrogen (secondary N) is 1. The first-order chi connectivity index (χ1) is 8.69. The molecule has 1 aromatic rings. The maximum atomic E-state index is 11.3. The fraction of sp³-hybridized carbons (Fsp3) is 0.500. The Morgan fingerprint density at radius 2 is 2.28 bits per heavy atom. The number of methoxy groups -OCH3 is 1. The molecule has 0 amide bonds. The molecule has 0 saturated heterocycles. The predicted octanol–water partition coefficient (Wildman–Crippen LogP) is 2.01. The predicted molar refractivity (Wildman–Crippen MR) is 76.1 cm³/mol. The molecule has 1 rings (SSSR count). The zero-order valence-electron chi connectivity index (χ0n) is 10.7. The average molecular weight is 269 g/mol. The molecule has 0 aromatic carbocycles. The van der Waals surface area contributed by atoms with Crippen LogP contribution in [0, 0.1) is 0 Å². The number of nitrogens with zero attached hydrogens (tertiary/aromatic N) is 1. The minimum absolute atomic E-state index is 0.262. The molecule has 0 aliphatic carbocycles. The van der Waals surface area contributed by atoms with Gasteiger partial charge in [-0.2, -0.15) is 11.8 Å². The fourth-order valence-corrected chi connectivity index (χ4v) is 1.90. The molecule has 1 heterocycles. The van der Waals surface area contributed by atoms with Crippen molar-refractivity contribution in [3.8, 4) is 0 Å². The highest BCUT2D eigenvalue weighted by Crippen LogP contribution is 2.16. The van der Waals surface area contributed by atoms with E-state index in [0.717, 1.165) is 25.1 Å². The number of esters is 1. The summed E-state index contributed by atoms with van der Waals surface area (Å²) in [5.41, 5.74) is 6.59. The van der Waals surface area contributed by atoms with Gasteiger partial charge in [0.15, 0.2) is 5.69 Å². The Hall–Kier alpha value is -1.43. The van der Waals surface area contributed by atoms with E-state index in [1.165, 1.54) is 7.11 Å². The summed E-state index contributed by atoms with van der Waals surface area (Å²) in [6, 6.07) is 3.21. The minimum atomic E-state index is -0.458. The molecule has 100 valence electrons. The van der Waals surface area contributed by atoms with E-state index in [1.54, 1.807) is 12.1 Å². The van der Waals surface area contributed by atoms with Gasteiger partial charge in [-0.05, 0) is 37.0 Å². The maximum absolute atomic E-state index is 11.3. The van der Waals surface area contributed by atoms with Crippen molar-refractivity contribution >= 4 is 29.2 Å². The van der Waals surface area contributed by atoms with Crippen molar-refractivity contribution in [3.05, 3.63) is 17.8 Å². The molecule has 3 N–H and O–H groups in total. The first kappa shape index (κ1) is 14.6. The quantitative estimate of drug-likeness (QED) is 0.582. The lowest BCUT2D eigenvalue weighted by Crippen LogP contribution is -2.11. The van der Waals surface area contributed by atoms with Crippen molar-refractivity contribution in [2.24, 2.45) is 0 Å². The van der Waals surface area contributed by atoms with Crippen LogP contribution >= 0.6 is 11.8 Å². The van der Waals surface area contributed by atoms with E-state index >= 15 is 0 Å². The lowest BCUT2D eigenvalue weighted by atomic mass is 10.3. The van der Waals surface area contributed by atoms with Crippen molar-refractivity contribution in [2.45, 2.75) is 12.8 Å². The smallest absolute Gasteiger partial charge is 0.356 e. The van der Waals surface area contributed by atoms with E-state index in [9.17, 15) is 4.79 Å². The van der Waals surface area contributed by atoms with Gasteiger partial charge in [-0.1, -0.05) is 0 Å². The molecular weight excluding hydrogens is 250 g/mol. The highest BCUT2D eigenvalue weighted by atomic mass is 32.2. The molecular formula is C12H19N3O2S. The minimum Gasteiger partial charge on any atom is -0.464 e.